The van der Waals surface area contributed by atoms with Crippen molar-refractivity contribution in [2.24, 2.45) is 0 Å². The molecule has 0 radical (unpaired) electrons. The quantitative estimate of drug-likeness (QED) is 0.691. The highest BCUT2D eigenvalue weighted by Crippen LogP contribution is 2.07. The van der Waals surface area contributed by atoms with E-state index in [4.69, 9.17) is 4.74 Å². The van der Waals surface area contributed by atoms with Crippen LogP contribution in [0.4, 0.5) is 4.79 Å². The van der Waals surface area contributed by atoms with Gasteiger partial charge >= 0.3 is 5.97 Å². The molecule has 0 bridgehead atoms. The average Bonchev–Trinajstić information content (AvgIpc) is 2.23. The van der Waals surface area contributed by atoms with E-state index in [1.54, 1.807) is 13.2 Å². The van der Waals surface area contributed by atoms with Gasteiger partial charge in [-0.1, -0.05) is 11.8 Å². The Kier molecular flexibility index (Phi) is 7.62. The van der Waals surface area contributed by atoms with Crippen molar-refractivity contribution in [3.8, 4) is 0 Å². The van der Waals surface area contributed by atoms with Crippen molar-refractivity contribution in [2.45, 2.75) is 26.7 Å². The standard InChI is InChI=1S/C10H17NO4S/c1-4-15-9(13)6-5-7-11(8(2)12)10(14)16-3/h4-7H2,1-3H3. The molecule has 6 heteroatoms. The summed E-state index contributed by atoms with van der Waals surface area (Å²) in [5.41, 5.74) is 0. The van der Waals surface area contributed by atoms with Crippen molar-refractivity contribution in [3.63, 3.8) is 0 Å². The summed E-state index contributed by atoms with van der Waals surface area (Å²) in [6.07, 6.45) is 2.27. The monoisotopic (exact) mass is 247 g/mol. The molecule has 0 rings (SSSR count). The van der Waals surface area contributed by atoms with Gasteiger partial charge in [-0.2, -0.15) is 0 Å². The predicted molar refractivity (Wildman–Crippen MR) is 62.2 cm³/mol. The molecule has 0 N–H and O–H groups in total. The zero-order chi connectivity index (χ0) is 12.6. The van der Waals surface area contributed by atoms with Crippen molar-refractivity contribution >= 4 is 28.9 Å². The van der Waals surface area contributed by atoms with E-state index in [1.807, 2.05) is 0 Å². The fourth-order valence-corrected chi connectivity index (χ4v) is 1.54. The Morgan fingerprint density at radius 1 is 1.31 bits per heavy atom. The minimum absolute atomic E-state index is 0.222. The number of hydrogen-bond acceptors (Lipinski definition) is 5. The van der Waals surface area contributed by atoms with Crippen LogP contribution in [0.2, 0.25) is 0 Å². The highest BCUT2D eigenvalue weighted by Gasteiger charge is 2.16. The summed E-state index contributed by atoms with van der Waals surface area (Å²) in [5, 5.41) is -0.295. The predicted octanol–water partition coefficient (Wildman–Crippen LogP) is 1.66. The number of amides is 2. The third-order valence-electron chi connectivity index (χ3n) is 1.84. The summed E-state index contributed by atoms with van der Waals surface area (Å²) in [4.78, 5) is 34.6. The smallest absolute Gasteiger partial charge is 0.305 e. The topological polar surface area (TPSA) is 63.7 Å². The molecule has 0 aliphatic heterocycles. The fourth-order valence-electron chi connectivity index (χ4n) is 1.10. The first-order valence-electron chi connectivity index (χ1n) is 5.04. The van der Waals surface area contributed by atoms with Gasteiger partial charge in [-0.25, -0.2) is 0 Å². The molecule has 0 aliphatic carbocycles. The van der Waals surface area contributed by atoms with E-state index in [9.17, 15) is 14.4 Å². The van der Waals surface area contributed by atoms with Gasteiger partial charge in [0.05, 0.1) is 6.61 Å². The van der Waals surface area contributed by atoms with Gasteiger partial charge < -0.3 is 4.74 Å². The molecule has 0 heterocycles. The van der Waals surface area contributed by atoms with Crippen LogP contribution in [0.5, 0.6) is 0 Å². The zero-order valence-corrected chi connectivity index (χ0v) is 10.6. The van der Waals surface area contributed by atoms with Crippen molar-refractivity contribution in [2.75, 3.05) is 19.4 Å². The van der Waals surface area contributed by atoms with Crippen LogP contribution in [0.25, 0.3) is 0 Å². The maximum Gasteiger partial charge on any atom is 0.305 e. The van der Waals surface area contributed by atoms with E-state index in [1.165, 1.54) is 6.92 Å². The number of esters is 1. The number of carbonyl (C=O) groups is 3. The van der Waals surface area contributed by atoms with E-state index >= 15 is 0 Å². The SMILES string of the molecule is CCOC(=O)CCCN(C(C)=O)C(=O)SC. The molecule has 0 aromatic heterocycles. The maximum atomic E-state index is 11.3. The normalized spacial score (nSPS) is 9.69. The Hall–Kier alpha value is -1.04. The van der Waals surface area contributed by atoms with Gasteiger partial charge in [0.25, 0.3) is 5.24 Å². The molecular formula is C10H17NO4S. The van der Waals surface area contributed by atoms with Crippen LogP contribution < -0.4 is 0 Å². The number of carbonyl (C=O) groups excluding carboxylic acids is 3. The maximum absolute atomic E-state index is 11.3. The summed E-state index contributed by atoms with van der Waals surface area (Å²) >= 11 is 0.980. The van der Waals surface area contributed by atoms with Crippen LogP contribution in [0, 0.1) is 0 Å². The molecule has 0 spiro atoms. The van der Waals surface area contributed by atoms with Gasteiger partial charge in [0, 0.05) is 19.9 Å². The van der Waals surface area contributed by atoms with Gasteiger partial charge in [-0.05, 0) is 19.6 Å². The summed E-state index contributed by atoms with van der Waals surface area (Å²) in [6.45, 7) is 3.67. The van der Waals surface area contributed by atoms with Gasteiger partial charge in [0.2, 0.25) is 5.91 Å². The second kappa shape index (κ2) is 8.15. The van der Waals surface area contributed by atoms with Crippen LogP contribution in [-0.4, -0.2) is 41.4 Å². The highest BCUT2D eigenvalue weighted by atomic mass is 32.2. The van der Waals surface area contributed by atoms with E-state index in [-0.39, 0.29) is 30.1 Å². The third kappa shape index (κ3) is 5.75. The lowest BCUT2D eigenvalue weighted by Gasteiger charge is -2.17. The molecule has 2 amide bonds. The summed E-state index contributed by atoms with van der Waals surface area (Å²) in [6, 6.07) is 0. The molecule has 0 fully saturated rings. The first-order valence-corrected chi connectivity index (χ1v) is 6.27. The molecule has 0 unspecified atom stereocenters. The van der Waals surface area contributed by atoms with E-state index in [0.29, 0.717) is 13.0 Å². The Labute approximate surface area is 99.5 Å². The van der Waals surface area contributed by atoms with Crippen molar-refractivity contribution in [3.05, 3.63) is 0 Å². The number of ether oxygens (including phenoxy) is 1. The van der Waals surface area contributed by atoms with E-state index < -0.39 is 0 Å². The van der Waals surface area contributed by atoms with Crippen LogP contribution in [0.15, 0.2) is 0 Å². The van der Waals surface area contributed by atoms with Crippen molar-refractivity contribution < 1.29 is 19.1 Å². The molecule has 0 saturated heterocycles. The van der Waals surface area contributed by atoms with Crippen LogP contribution >= 0.6 is 11.8 Å². The summed E-state index contributed by atoms with van der Waals surface area (Å²) in [5.74, 6) is -0.606. The first kappa shape index (κ1) is 15.0. The molecule has 0 atom stereocenters. The van der Waals surface area contributed by atoms with Crippen LogP contribution in [-0.2, 0) is 14.3 Å². The molecule has 0 aromatic rings. The first-order chi connectivity index (χ1) is 7.52. The highest BCUT2D eigenvalue weighted by molar-refractivity contribution is 8.12. The van der Waals surface area contributed by atoms with Gasteiger partial charge in [0.1, 0.15) is 0 Å². The summed E-state index contributed by atoms with van der Waals surface area (Å²) in [7, 11) is 0. The minimum Gasteiger partial charge on any atom is -0.466 e. The van der Waals surface area contributed by atoms with Crippen LogP contribution in [0.3, 0.4) is 0 Å². The third-order valence-corrected chi connectivity index (χ3v) is 2.41. The number of hydrogen-bond donors (Lipinski definition) is 0. The molecule has 92 valence electrons. The van der Waals surface area contributed by atoms with Gasteiger partial charge in [-0.3, -0.25) is 19.3 Å². The lowest BCUT2D eigenvalue weighted by Crippen LogP contribution is -2.33. The minimum atomic E-state index is -0.303. The Bertz CT molecular complexity index is 268. The number of nitrogens with zero attached hydrogens (tertiary/aromatic N) is 1. The fraction of sp³-hybridized carbons (Fsp3) is 0.700. The van der Waals surface area contributed by atoms with E-state index in [0.717, 1.165) is 16.7 Å². The van der Waals surface area contributed by atoms with E-state index in [2.05, 4.69) is 0 Å². The Morgan fingerprint density at radius 2 is 1.94 bits per heavy atom. The molecule has 5 nitrogen and oxygen atoms in total. The van der Waals surface area contributed by atoms with Crippen molar-refractivity contribution in [1.29, 1.82) is 0 Å². The summed E-state index contributed by atoms with van der Waals surface area (Å²) < 4.78 is 4.74. The molecular weight excluding hydrogens is 230 g/mol. The molecule has 0 saturated carbocycles. The number of rotatable bonds is 5. The number of imide groups is 1. The molecule has 0 aliphatic rings. The lowest BCUT2D eigenvalue weighted by molar-refractivity contribution is -0.143. The van der Waals surface area contributed by atoms with Gasteiger partial charge in [-0.15, -0.1) is 0 Å². The molecule has 16 heavy (non-hydrogen) atoms. The second-order valence-corrected chi connectivity index (χ2v) is 3.81. The second-order valence-electron chi connectivity index (χ2n) is 3.05. The lowest BCUT2D eigenvalue weighted by atomic mass is 10.3. The average molecular weight is 247 g/mol. The van der Waals surface area contributed by atoms with Crippen molar-refractivity contribution in [1.82, 2.24) is 4.90 Å². The molecule has 0 aromatic carbocycles. The zero-order valence-electron chi connectivity index (χ0n) is 9.82. The largest absolute Gasteiger partial charge is 0.466 e. The van der Waals surface area contributed by atoms with Gasteiger partial charge in [0.15, 0.2) is 0 Å². The Balaban J connectivity index is 3.99. The number of thioether (sulfide) groups is 1. The Morgan fingerprint density at radius 3 is 2.38 bits per heavy atom. The van der Waals surface area contributed by atoms with Crippen LogP contribution in [0.1, 0.15) is 26.7 Å².